The van der Waals surface area contributed by atoms with Crippen LogP contribution < -0.4 is 15.5 Å². The molecule has 0 aliphatic carbocycles. The molecule has 1 unspecified atom stereocenters. The van der Waals surface area contributed by atoms with Crippen LogP contribution in [-0.4, -0.2) is 49.7 Å². The molecule has 0 aromatic heterocycles. The third-order valence-electron chi connectivity index (χ3n) is 5.21. The number of fused-ring (bicyclic) bond motifs is 3. The molecule has 1 aliphatic heterocycles. The average Bonchev–Trinajstić information content (AvgIpc) is 2.87. The highest BCUT2D eigenvalue weighted by molar-refractivity contribution is 6.06. The van der Waals surface area contributed by atoms with Gasteiger partial charge < -0.3 is 20.3 Å². The zero-order valence-corrected chi connectivity index (χ0v) is 18.0. The van der Waals surface area contributed by atoms with E-state index in [0.717, 1.165) is 12.5 Å². The van der Waals surface area contributed by atoms with Crippen molar-refractivity contribution in [1.82, 2.24) is 10.6 Å². The molecule has 7 nitrogen and oxygen atoms in total. The van der Waals surface area contributed by atoms with Gasteiger partial charge in [0.05, 0.1) is 12.2 Å². The Morgan fingerprint density at radius 3 is 2.26 bits per heavy atom. The molecule has 0 saturated carbocycles. The number of amides is 3. The van der Waals surface area contributed by atoms with Crippen LogP contribution in [0.2, 0.25) is 0 Å². The van der Waals surface area contributed by atoms with Crippen molar-refractivity contribution >= 4 is 23.6 Å². The van der Waals surface area contributed by atoms with Crippen LogP contribution in [0, 0.1) is 0 Å². The molecule has 2 aromatic rings. The molecule has 0 bridgehead atoms. The van der Waals surface area contributed by atoms with Gasteiger partial charge in [0.15, 0.2) is 6.10 Å². The smallest absolute Gasteiger partial charge is 0.436 e. The molecule has 182 valence electrons. The van der Waals surface area contributed by atoms with Crippen LogP contribution in [0.25, 0.3) is 11.1 Å². The van der Waals surface area contributed by atoms with Crippen LogP contribution >= 0.6 is 0 Å². The zero-order valence-electron chi connectivity index (χ0n) is 18.0. The molecule has 1 aliphatic rings. The van der Waals surface area contributed by atoms with Gasteiger partial charge in [0.25, 0.3) is 11.8 Å². The molecule has 2 atom stereocenters. The number of nitrogens with one attached hydrogen (secondary N) is 2. The number of carbonyl (C=O) groups is 3. The molecule has 0 saturated heterocycles. The number of benzene rings is 2. The lowest BCUT2D eigenvalue weighted by Crippen LogP contribution is -2.48. The number of hydrogen-bond acceptors (Lipinski definition) is 4. The van der Waals surface area contributed by atoms with Crippen molar-refractivity contribution in [1.29, 1.82) is 0 Å². The van der Waals surface area contributed by atoms with Crippen molar-refractivity contribution in [3.05, 3.63) is 54.1 Å². The topological polar surface area (TPSA) is 87.7 Å². The number of rotatable bonds is 5. The highest BCUT2D eigenvalue weighted by Gasteiger charge is 2.57. The predicted molar refractivity (Wildman–Crippen MR) is 111 cm³/mol. The van der Waals surface area contributed by atoms with Crippen LogP contribution in [0.5, 0.6) is 0 Å². The lowest BCUT2D eigenvalue weighted by Gasteiger charge is -2.24. The number of alkyl carbamates (subject to hydrolysis) is 1. The molecule has 12 heteroatoms. The Kier molecular flexibility index (Phi) is 6.80. The summed E-state index contributed by atoms with van der Waals surface area (Å²) < 4.78 is 67.2. The Hall–Kier alpha value is -3.70. The number of anilines is 1. The molecular weight excluding hydrogens is 465 g/mol. The van der Waals surface area contributed by atoms with Crippen LogP contribution in [-0.2, 0) is 14.3 Å². The lowest BCUT2D eigenvalue weighted by molar-refractivity contribution is -0.278. The van der Waals surface area contributed by atoms with E-state index in [2.05, 4.69) is 10.1 Å². The van der Waals surface area contributed by atoms with E-state index in [1.54, 1.807) is 42.5 Å². The van der Waals surface area contributed by atoms with Gasteiger partial charge in [-0.1, -0.05) is 42.5 Å². The van der Waals surface area contributed by atoms with E-state index in [-0.39, 0.29) is 0 Å². The van der Waals surface area contributed by atoms with E-state index in [4.69, 9.17) is 0 Å². The van der Waals surface area contributed by atoms with E-state index in [0.29, 0.717) is 16.8 Å². The minimum Gasteiger partial charge on any atom is -0.436 e. The highest BCUT2D eigenvalue weighted by atomic mass is 19.4. The number of nitrogens with zero attached hydrogens (tertiary/aromatic N) is 1. The number of hydrogen-bond donors (Lipinski definition) is 2. The number of likely N-dealkylation sites (N-methyl/N-ethyl adjacent to an activating group) is 1. The molecule has 0 radical (unpaired) electrons. The quantitative estimate of drug-likeness (QED) is 0.631. The molecule has 1 heterocycles. The minimum absolute atomic E-state index is 0.471. The first-order chi connectivity index (χ1) is 15.8. The van der Waals surface area contributed by atoms with Crippen molar-refractivity contribution in [2.75, 3.05) is 18.5 Å². The van der Waals surface area contributed by atoms with Crippen molar-refractivity contribution in [3.8, 4) is 11.1 Å². The van der Waals surface area contributed by atoms with Crippen LogP contribution in [0.3, 0.4) is 0 Å². The monoisotopic (exact) mass is 485 g/mol. The highest BCUT2D eigenvalue weighted by Crippen LogP contribution is 2.39. The van der Waals surface area contributed by atoms with Gasteiger partial charge >= 0.3 is 18.2 Å². The van der Waals surface area contributed by atoms with Crippen molar-refractivity contribution < 1.29 is 41.1 Å². The summed E-state index contributed by atoms with van der Waals surface area (Å²) in [6.07, 6.45) is -9.11. The van der Waals surface area contributed by atoms with Crippen LogP contribution in [0.1, 0.15) is 18.5 Å². The zero-order chi connectivity index (χ0) is 25.3. The Bertz CT molecular complexity index is 1110. The second-order valence-corrected chi connectivity index (χ2v) is 7.55. The molecule has 2 aromatic carbocycles. The first-order valence-electron chi connectivity index (χ1n) is 9.99. The maximum atomic E-state index is 13.2. The van der Waals surface area contributed by atoms with E-state index < -0.39 is 48.7 Å². The second-order valence-electron chi connectivity index (χ2n) is 7.55. The van der Waals surface area contributed by atoms with Gasteiger partial charge in [0, 0.05) is 12.6 Å². The summed E-state index contributed by atoms with van der Waals surface area (Å²) in [4.78, 5) is 38.8. The van der Waals surface area contributed by atoms with Crippen LogP contribution in [0.4, 0.5) is 32.4 Å². The Balaban J connectivity index is 1.74. The maximum absolute atomic E-state index is 13.2. The molecule has 0 spiro atoms. The van der Waals surface area contributed by atoms with Crippen molar-refractivity contribution in [2.24, 2.45) is 0 Å². The van der Waals surface area contributed by atoms with E-state index in [9.17, 15) is 36.3 Å². The number of carbonyl (C=O) groups excluding carboxylic acids is 3. The van der Waals surface area contributed by atoms with Gasteiger partial charge in [-0.3, -0.25) is 9.59 Å². The standard InChI is InChI=1S/C22H20F5N3O4/c1-12(34-20(33)28-11-21(23,24)22(25,26)27)18(31)29-17-15-9-4-3-7-13(15)14-8-5-6-10-16(14)30(2)19(17)32/h3-10,12,17H,11H2,1-2H3,(H,28,33)(H,29,31)/t12?,17-/m0/s1. The lowest BCUT2D eigenvalue weighted by atomic mass is 9.95. The Morgan fingerprint density at radius 1 is 1.03 bits per heavy atom. The average molecular weight is 485 g/mol. The van der Waals surface area contributed by atoms with Crippen LogP contribution in [0.15, 0.2) is 48.5 Å². The Labute approximate surface area is 190 Å². The summed E-state index contributed by atoms with van der Waals surface area (Å²) in [6, 6.07) is 12.8. The largest absolute Gasteiger partial charge is 0.455 e. The number of alkyl halides is 5. The molecule has 0 fully saturated rings. The molecule has 3 rings (SSSR count). The normalized spacial score (nSPS) is 16.6. The second kappa shape index (κ2) is 9.27. The van der Waals surface area contributed by atoms with Gasteiger partial charge in [0.1, 0.15) is 6.04 Å². The van der Waals surface area contributed by atoms with Gasteiger partial charge in [-0.15, -0.1) is 0 Å². The fourth-order valence-corrected chi connectivity index (χ4v) is 3.37. The van der Waals surface area contributed by atoms with E-state index in [1.165, 1.54) is 17.3 Å². The molecular formula is C22H20F5N3O4. The molecule has 2 N–H and O–H groups in total. The number of para-hydroxylation sites is 1. The first kappa shape index (κ1) is 24.9. The summed E-state index contributed by atoms with van der Waals surface area (Å²) in [7, 11) is 1.53. The van der Waals surface area contributed by atoms with Crippen molar-refractivity contribution in [3.63, 3.8) is 0 Å². The summed E-state index contributed by atoms with van der Waals surface area (Å²) in [5, 5.41) is 3.75. The van der Waals surface area contributed by atoms with Gasteiger partial charge in [-0.05, 0) is 24.1 Å². The predicted octanol–water partition coefficient (Wildman–Crippen LogP) is 3.80. The SMILES string of the molecule is CC(OC(=O)NCC(F)(F)C(F)(F)F)C(=O)N[C@@H]1C(=O)N(C)c2ccccc2-c2ccccc21. The Morgan fingerprint density at radius 2 is 1.62 bits per heavy atom. The van der Waals surface area contributed by atoms with Gasteiger partial charge in [-0.25, -0.2) is 4.79 Å². The van der Waals surface area contributed by atoms with Gasteiger partial charge in [0.2, 0.25) is 0 Å². The summed E-state index contributed by atoms with van der Waals surface area (Å²) in [5.41, 5.74) is 2.51. The van der Waals surface area contributed by atoms with E-state index in [1.807, 2.05) is 6.07 Å². The maximum Gasteiger partial charge on any atom is 0.455 e. The fraction of sp³-hybridized carbons (Fsp3) is 0.318. The summed E-state index contributed by atoms with van der Waals surface area (Å²) in [5.74, 6) is -6.62. The first-order valence-corrected chi connectivity index (χ1v) is 9.99. The van der Waals surface area contributed by atoms with E-state index >= 15 is 0 Å². The third kappa shape index (κ3) is 4.95. The summed E-state index contributed by atoms with van der Waals surface area (Å²) >= 11 is 0. The number of ether oxygens (including phenoxy) is 1. The fourth-order valence-electron chi connectivity index (χ4n) is 3.37. The molecule has 34 heavy (non-hydrogen) atoms. The van der Waals surface area contributed by atoms with Gasteiger partial charge in [-0.2, -0.15) is 22.0 Å². The van der Waals surface area contributed by atoms with Crippen molar-refractivity contribution in [2.45, 2.75) is 31.2 Å². The minimum atomic E-state index is -5.86. The molecule has 3 amide bonds. The number of halogens is 5. The summed E-state index contributed by atoms with van der Waals surface area (Å²) in [6.45, 7) is -0.969. The third-order valence-corrected chi connectivity index (χ3v) is 5.21.